The maximum absolute atomic E-state index is 6.27. The lowest BCUT2D eigenvalue weighted by Crippen LogP contribution is -2.14. The van der Waals surface area contributed by atoms with Gasteiger partial charge in [-0.2, -0.15) is 0 Å². The second-order valence-electron chi connectivity index (χ2n) is 6.39. The number of rotatable bonds is 1. The van der Waals surface area contributed by atoms with Crippen molar-refractivity contribution < 1.29 is 4.74 Å². The van der Waals surface area contributed by atoms with E-state index in [0.29, 0.717) is 24.2 Å². The molecular weight excluding hydrogens is 284 g/mol. The monoisotopic (exact) mass is 302 g/mol. The lowest BCUT2D eigenvalue weighted by Gasteiger charge is -2.19. The summed E-state index contributed by atoms with van der Waals surface area (Å²) in [6.07, 6.45) is 0.796. The van der Waals surface area contributed by atoms with Crippen molar-refractivity contribution in [2.45, 2.75) is 39.2 Å². The summed E-state index contributed by atoms with van der Waals surface area (Å²) < 4.78 is 5.41. The molecule has 1 aromatic carbocycles. The molecule has 0 fully saturated rings. The first kappa shape index (κ1) is 14.5. The topological polar surface area (TPSA) is 35.0 Å². The molecule has 1 aromatic heterocycles. The van der Waals surface area contributed by atoms with Gasteiger partial charge in [0.15, 0.2) is 5.82 Å². The summed E-state index contributed by atoms with van der Waals surface area (Å²) in [5, 5.41) is 0.509. The van der Waals surface area contributed by atoms with Crippen molar-refractivity contribution >= 4 is 11.6 Å². The van der Waals surface area contributed by atoms with Crippen LogP contribution in [0.3, 0.4) is 0 Å². The molecule has 21 heavy (non-hydrogen) atoms. The normalized spacial score (nSPS) is 14.9. The molecule has 2 heterocycles. The highest BCUT2D eigenvalue weighted by Gasteiger charge is 2.18. The Kier molecular flexibility index (Phi) is 3.72. The first-order valence-electron chi connectivity index (χ1n) is 7.19. The van der Waals surface area contributed by atoms with Gasteiger partial charge in [-0.05, 0) is 11.0 Å². The highest BCUT2D eigenvalue weighted by molar-refractivity contribution is 6.30. The van der Waals surface area contributed by atoms with Gasteiger partial charge in [0.05, 0.1) is 18.9 Å². The molecule has 110 valence electrons. The molecule has 0 bridgehead atoms. The quantitative estimate of drug-likeness (QED) is 0.742. The fourth-order valence-electron chi connectivity index (χ4n) is 2.44. The molecule has 3 nitrogen and oxygen atoms in total. The number of ether oxygens (including phenoxy) is 1. The Morgan fingerprint density at radius 3 is 2.48 bits per heavy atom. The summed E-state index contributed by atoms with van der Waals surface area (Å²) in [6.45, 7) is 7.82. The summed E-state index contributed by atoms with van der Waals surface area (Å²) >= 11 is 6.27. The largest absolute Gasteiger partial charge is 0.376 e. The first-order chi connectivity index (χ1) is 9.95. The zero-order valence-electron chi connectivity index (χ0n) is 12.6. The third-order valence-electron chi connectivity index (χ3n) is 3.78. The van der Waals surface area contributed by atoms with Gasteiger partial charge in [-0.15, -0.1) is 0 Å². The molecule has 3 rings (SSSR count). The van der Waals surface area contributed by atoms with E-state index in [1.54, 1.807) is 0 Å². The number of hydrogen-bond donors (Lipinski definition) is 0. The van der Waals surface area contributed by atoms with Crippen LogP contribution in [0.2, 0.25) is 5.15 Å². The van der Waals surface area contributed by atoms with E-state index in [1.165, 1.54) is 5.56 Å². The van der Waals surface area contributed by atoms with Crippen molar-refractivity contribution in [1.29, 1.82) is 0 Å². The van der Waals surface area contributed by atoms with Crippen molar-refractivity contribution in [3.8, 4) is 11.4 Å². The molecule has 1 aliphatic heterocycles. The number of hydrogen-bond acceptors (Lipinski definition) is 3. The van der Waals surface area contributed by atoms with E-state index in [-0.39, 0.29) is 5.41 Å². The van der Waals surface area contributed by atoms with Crippen LogP contribution in [0.5, 0.6) is 0 Å². The standard InChI is InChI=1S/C17H19ClN2O/c1-17(2,3)12-6-4-11(5-7-12)16-19-14-8-9-21-10-13(14)15(18)20-16/h4-7H,8-10H2,1-3H3. The molecule has 0 saturated carbocycles. The molecule has 0 radical (unpaired) electrons. The Morgan fingerprint density at radius 2 is 1.81 bits per heavy atom. The lowest BCUT2D eigenvalue weighted by molar-refractivity contribution is 0.109. The molecular formula is C17H19ClN2O. The molecule has 0 amide bonds. The summed E-state index contributed by atoms with van der Waals surface area (Å²) in [6, 6.07) is 8.40. The van der Waals surface area contributed by atoms with Crippen molar-refractivity contribution in [2.24, 2.45) is 0 Å². The molecule has 0 N–H and O–H groups in total. The van der Waals surface area contributed by atoms with Gasteiger partial charge < -0.3 is 4.74 Å². The van der Waals surface area contributed by atoms with Crippen LogP contribution >= 0.6 is 11.6 Å². The van der Waals surface area contributed by atoms with E-state index >= 15 is 0 Å². The van der Waals surface area contributed by atoms with Gasteiger partial charge in [0.25, 0.3) is 0 Å². The van der Waals surface area contributed by atoms with Gasteiger partial charge in [-0.25, -0.2) is 9.97 Å². The Balaban J connectivity index is 1.99. The molecule has 0 unspecified atom stereocenters. The Morgan fingerprint density at radius 1 is 1.10 bits per heavy atom. The average molecular weight is 303 g/mol. The third kappa shape index (κ3) is 2.94. The number of fused-ring (bicyclic) bond motifs is 1. The van der Waals surface area contributed by atoms with Crippen LogP contribution in [0, 0.1) is 0 Å². The number of aromatic nitrogens is 2. The molecule has 2 aromatic rings. The van der Waals surface area contributed by atoms with Crippen LogP contribution < -0.4 is 0 Å². The summed E-state index contributed by atoms with van der Waals surface area (Å²) in [5.74, 6) is 0.695. The molecule has 0 aliphatic carbocycles. The van der Waals surface area contributed by atoms with Crippen molar-refractivity contribution in [2.75, 3.05) is 6.61 Å². The van der Waals surface area contributed by atoms with Gasteiger partial charge >= 0.3 is 0 Å². The maximum atomic E-state index is 6.27. The van der Waals surface area contributed by atoms with E-state index < -0.39 is 0 Å². The Hall–Kier alpha value is -1.45. The van der Waals surface area contributed by atoms with Crippen LogP contribution in [0.25, 0.3) is 11.4 Å². The second-order valence-corrected chi connectivity index (χ2v) is 6.75. The minimum atomic E-state index is 0.143. The average Bonchev–Trinajstić information content (AvgIpc) is 2.46. The van der Waals surface area contributed by atoms with E-state index in [2.05, 4.69) is 55.0 Å². The van der Waals surface area contributed by atoms with Crippen LogP contribution in [0.1, 0.15) is 37.6 Å². The Labute approximate surface area is 130 Å². The summed E-state index contributed by atoms with van der Waals surface area (Å²) in [5.41, 5.74) is 4.38. The summed E-state index contributed by atoms with van der Waals surface area (Å²) in [4.78, 5) is 9.08. The highest BCUT2D eigenvalue weighted by Crippen LogP contribution is 2.28. The highest BCUT2D eigenvalue weighted by atomic mass is 35.5. The fourth-order valence-corrected chi connectivity index (χ4v) is 2.68. The molecule has 0 saturated heterocycles. The zero-order chi connectivity index (χ0) is 15.0. The van der Waals surface area contributed by atoms with Gasteiger partial charge in [-0.3, -0.25) is 0 Å². The minimum Gasteiger partial charge on any atom is -0.376 e. The predicted molar refractivity (Wildman–Crippen MR) is 84.5 cm³/mol. The van der Waals surface area contributed by atoms with Gasteiger partial charge in [-0.1, -0.05) is 56.6 Å². The zero-order valence-corrected chi connectivity index (χ0v) is 13.4. The van der Waals surface area contributed by atoms with Crippen molar-refractivity contribution in [3.05, 3.63) is 46.2 Å². The van der Waals surface area contributed by atoms with Gasteiger partial charge in [0.2, 0.25) is 0 Å². The molecule has 4 heteroatoms. The minimum absolute atomic E-state index is 0.143. The third-order valence-corrected chi connectivity index (χ3v) is 4.09. The second kappa shape index (κ2) is 5.39. The smallest absolute Gasteiger partial charge is 0.161 e. The van der Waals surface area contributed by atoms with E-state index in [0.717, 1.165) is 23.2 Å². The number of benzene rings is 1. The molecule has 0 spiro atoms. The molecule has 0 atom stereocenters. The van der Waals surface area contributed by atoms with Gasteiger partial charge in [0, 0.05) is 17.5 Å². The van der Waals surface area contributed by atoms with Crippen molar-refractivity contribution in [3.63, 3.8) is 0 Å². The van der Waals surface area contributed by atoms with Gasteiger partial charge in [0.1, 0.15) is 5.15 Å². The Bertz CT molecular complexity index is 660. The maximum Gasteiger partial charge on any atom is 0.161 e. The summed E-state index contributed by atoms with van der Waals surface area (Å²) in [7, 11) is 0. The molecule has 1 aliphatic rings. The van der Waals surface area contributed by atoms with Crippen LogP contribution in [-0.2, 0) is 23.2 Å². The van der Waals surface area contributed by atoms with E-state index in [1.807, 2.05) is 0 Å². The number of halogens is 1. The van der Waals surface area contributed by atoms with E-state index in [4.69, 9.17) is 16.3 Å². The SMILES string of the molecule is CC(C)(C)c1ccc(-c2nc(Cl)c3c(n2)CCOC3)cc1. The van der Waals surface area contributed by atoms with E-state index in [9.17, 15) is 0 Å². The van der Waals surface area contributed by atoms with Crippen LogP contribution in [0.4, 0.5) is 0 Å². The predicted octanol–water partition coefficient (Wildman–Crippen LogP) is 4.17. The van der Waals surface area contributed by atoms with Crippen LogP contribution in [0.15, 0.2) is 24.3 Å². The number of nitrogens with zero attached hydrogens (tertiary/aromatic N) is 2. The fraction of sp³-hybridized carbons (Fsp3) is 0.412. The van der Waals surface area contributed by atoms with Crippen molar-refractivity contribution in [1.82, 2.24) is 9.97 Å². The first-order valence-corrected chi connectivity index (χ1v) is 7.57. The van der Waals surface area contributed by atoms with Crippen LogP contribution in [-0.4, -0.2) is 16.6 Å². The lowest BCUT2D eigenvalue weighted by atomic mass is 9.86.